The lowest BCUT2D eigenvalue weighted by Gasteiger charge is -1.94. The summed E-state index contributed by atoms with van der Waals surface area (Å²) in [5.74, 6) is 0.446. The van der Waals surface area contributed by atoms with Crippen LogP contribution in [0.25, 0.3) is 0 Å². The standard InChI is InChI=1S/C5H9N3O/c1-4-2-5(6)7-8(4)3-9/h2,9H,3H2,1H3,(H2,6,7). The van der Waals surface area contributed by atoms with Crippen molar-refractivity contribution >= 4 is 5.82 Å². The van der Waals surface area contributed by atoms with Crippen LogP contribution in [0.5, 0.6) is 0 Å². The van der Waals surface area contributed by atoms with E-state index in [0.29, 0.717) is 5.82 Å². The van der Waals surface area contributed by atoms with E-state index in [2.05, 4.69) is 5.10 Å². The SMILES string of the molecule is Cc1cc(N)nn1CO. The van der Waals surface area contributed by atoms with Gasteiger partial charge in [-0.1, -0.05) is 0 Å². The van der Waals surface area contributed by atoms with Crippen LogP contribution in [-0.4, -0.2) is 14.9 Å². The highest BCUT2D eigenvalue weighted by Crippen LogP contribution is 2.01. The fourth-order valence-electron chi connectivity index (χ4n) is 0.679. The van der Waals surface area contributed by atoms with Crippen molar-refractivity contribution in [2.45, 2.75) is 13.7 Å². The van der Waals surface area contributed by atoms with Crippen molar-refractivity contribution in [3.8, 4) is 0 Å². The first-order valence-corrected chi connectivity index (χ1v) is 2.65. The van der Waals surface area contributed by atoms with E-state index in [0.717, 1.165) is 5.69 Å². The molecule has 9 heavy (non-hydrogen) atoms. The van der Waals surface area contributed by atoms with Crippen LogP contribution in [0.3, 0.4) is 0 Å². The number of aromatic nitrogens is 2. The summed E-state index contributed by atoms with van der Waals surface area (Å²) < 4.78 is 1.43. The van der Waals surface area contributed by atoms with Crippen LogP contribution in [0.15, 0.2) is 6.07 Å². The molecule has 0 amide bonds. The molecule has 3 N–H and O–H groups in total. The number of hydrogen-bond donors (Lipinski definition) is 2. The average molecular weight is 127 g/mol. The minimum Gasteiger partial charge on any atom is -0.382 e. The number of rotatable bonds is 1. The van der Waals surface area contributed by atoms with Gasteiger partial charge in [0.05, 0.1) is 0 Å². The first-order valence-electron chi connectivity index (χ1n) is 2.65. The lowest BCUT2D eigenvalue weighted by Crippen LogP contribution is -2.01. The molecule has 1 aromatic heterocycles. The van der Waals surface area contributed by atoms with Gasteiger partial charge in [0.2, 0.25) is 0 Å². The molecule has 0 aromatic carbocycles. The van der Waals surface area contributed by atoms with Gasteiger partial charge in [-0.05, 0) is 6.92 Å². The molecule has 0 radical (unpaired) electrons. The maximum Gasteiger partial charge on any atom is 0.145 e. The molecule has 0 fully saturated rings. The molecule has 0 spiro atoms. The Balaban J connectivity index is 3.01. The Labute approximate surface area is 52.9 Å². The summed E-state index contributed by atoms with van der Waals surface area (Å²) >= 11 is 0. The molecular weight excluding hydrogens is 118 g/mol. The second kappa shape index (κ2) is 2.06. The van der Waals surface area contributed by atoms with Gasteiger partial charge in [0.1, 0.15) is 12.5 Å². The van der Waals surface area contributed by atoms with E-state index in [1.807, 2.05) is 6.92 Å². The lowest BCUT2D eigenvalue weighted by atomic mass is 10.5. The molecule has 1 heterocycles. The normalized spacial score (nSPS) is 10.0. The van der Waals surface area contributed by atoms with Crippen LogP contribution < -0.4 is 5.73 Å². The minimum absolute atomic E-state index is 0.108. The first kappa shape index (κ1) is 6.10. The summed E-state index contributed by atoms with van der Waals surface area (Å²) in [6.45, 7) is 1.72. The number of nitrogens with zero attached hydrogens (tertiary/aromatic N) is 2. The molecule has 0 aliphatic carbocycles. The zero-order valence-corrected chi connectivity index (χ0v) is 5.20. The number of aryl methyl sites for hydroxylation is 1. The van der Waals surface area contributed by atoms with Gasteiger partial charge >= 0.3 is 0 Å². The summed E-state index contributed by atoms with van der Waals surface area (Å²) in [6, 6.07) is 1.70. The van der Waals surface area contributed by atoms with Gasteiger partial charge in [-0.3, -0.25) is 0 Å². The zero-order chi connectivity index (χ0) is 6.85. The highest BCUT2D eigenvalue weighted by atomic mass is 16.3. The third kappa shape index (κ3) is 1.02. The van der Waals surface area contributed by atoms with E-state index in [1.165, 1.54) is 4.68 Å². The summed E-state index contributed by atoms with van der Waals surface area (Å²) in [4.78, 5) is 0. The van der Waals surface area contributed by atoms with Gasteiger partial charge in [-0.15, -0.1) is 0 Å². The largest absolute Gasteiger partial charge is 0.382 e. The molecule has 1 aromatic rings. The fraction of sp³-hybridized carbons (Fsp3) is 0.400. The Hall–Kier alpha value is -1.03. The fourth-order valence-corrected chi connectivity index (χ4v) is 0.679. The first-order chi connectivity index (χ1) is 4.24. The van der Waals surface area contributed by atoms with Gasteiger partial charge in [0.15, 0.2) is 0 Å². The van der Waals surface area contributed by atoms with Crippen molar-refractivity contribution in [1.29, 1.82) is 0 Å². The average Bonchev–Trinajstić information content (AvgIpc) is 2.10. The maximum atomic E-state index is 8.58. The zero-order valence-electron chi connectivity index (χ0n) is 5.20. The van der Waals surface area contributed by atoms with Crippen LogP contribution in [-0.2, 0) is 6.73 Å². The van der Waals surface area contributed by atoms with Gasteiger partial charge in [0, 0.05) is 11.8 Å². The summed E-state index contributed by atoms with van der Waals surface area (Å²) in [5.41, 5.74) is 6.18. The van der Waals surface area contributed by atoms with E-state index >= 15 is 0 Å². The molecule has 0 bridgehead atoms. The number of nitrogens with two attached hydrogens (primary N) is 1. The Morgan fingerprint density at radius 2 is 2.56 bits per heavy atom. The topological polar surface area (TPSA) is 64.1 Å². The quantitative estimate of drug-likeness (QED) is 0.545. The Morgan fingerprint density at radius 3 is 2.78 bits per heavy atom. The Kier molecular flexibility index (Phi) is 1.40. The number of aliphatic hydroxyl groups excluding tert-OH is 1. The highest BCUT2D eigenvalue weighted by Gasteiger charge is 1.96. The van der Waals surface area contributed by atoms with Crippen molar-refractivity contribution in [2.24, 2.45) is 0 Å². The van der Waals surface area contributed by atoms with E-state index in [9.17, 15) is 0 Å². The predicted molar refractivity (Wildman–Crippen MR) is 33.6 cm³/mol. The second-order valence-corrected chi connectivity index (χ2v) is 1.85. The van der Waals surface area contributed by atoms with Crippen LogP contribution in [0.2, 0.25) is 0 Å². The van der Waals surface area contributed by atoms with Crippen LogP contribution in [0.4, 0.5) is 5.82 Å². The van der Waals surface area contributed by atoms with Crippen LogP contribution in [0.1, 0.15) is 5.69 Å². The van der Waals surface area contributed by atoms with Gasteiger partial charge in [0.25, 0.3) is 0 Å². The minimum atomic E-state index is -0.108. The van der Waals surface area contributed by atoms with Crippen molar-refractivity contribution < 1.29 is 5.11 Å². The molecule has 0 unspecified atom stereocenters. The van der Waals surface area contributed by atoms with Crippen LogP contribution in [0, 0.1) is 6.92 Å². The Morgan fingerprint density at radius 1 is 1.89 bits per heavy atom. The second-order valence-electron chi connectivity index (χ2n) is 1.85. The van der Waals surface area contributed by atoms with Crippen molar-refractivity contribution in [3.05, 3.63) is 11.8 Å². The number of hydrogen-bond acceptors (Lipinski definition) is 3. The Bertz CT molecular complexity index is 206. The molecular formula is C5H9N3O. The van der Waals surface area contributed by atoms with Crippen molar-refractivity contribution in [1.82, 2.24) is 9.78 Å². The van der Waals surface area contributed by atoms with Gasteiger partial charge < -0.3 is 10.8 Å². The van der Waals surface area contributed by atoms with Crippen molar-refractivity contribution in [3.63, 3.8) is 0 Å². The predicted octanol–water partition coefficient (Wildman–Crippen LogP) is -0.276. The summed E-state index contributed by atoms with van der Waals surface area (Å²) in [5, 5.41) is 12.3. The highest BCUT2D eigenvalue weighted by molar-refractivity contribution is 5.28. The van der Waals surface area contributed by atoms with E-state index < -0.39 is 0 Å². The molecule has 0 saturated carbocycles. The third-order valence-corrected chi connectivity index (χ3v) is 1.13. The molecule has 1 rings (SSSR count). The number of nitrogen functional groups attached to an aromatic ring is 1. The van der Waals surface area contributed by atoms with E-state index in [1.54, 1.807) is 6.07 Å². The third-order valence-electron chi connectivity index (χ3n) is 1.13. The number of aliphatic hydroxyl groups is 1. The van der Waals surface area contributed by atoms with Gasteiger partial charge in [-0.2, -0.15) is 5.10 Å². The molecule has 0 aliphatic rings. The molecule has 50 valence electrons. The van der Waals surface area contributed by atoms with Gasteiger partial charge in [-0.25, -0.2) is 4.68 Å². The van der Waals surface area contributed by atoms with Crippen molar-refractivity contribution in [2.75, 3.05) is 5.73 Å². The molecule has 0 saturated heterocycles. The molecule has 4 nitrogen and oxygen atoms in total. The molecule has 0 atom stereocenters. The lowest BCUT2D eigenvalue weighted by molar-refractivity contribution is 0.193. The summed E-state index contributed by atoms with van der Waals surface area (Å²) in [6.07, 6.45) is 0. The number of anilines is 1. The van der Waals surface area contributed by atoms with E-state index in [4.69, 9.17) is 10.8 Å². The smallest absolute Gasteiger partial charge is 0.145 e. The van der Waals surface area contributed by atoms with E-state index in [-0.39, 0.29) is 6.73 Å². The maximum absolute atomic E-state index is 8.58. The summed E-state index contributed by atoms with van der Waals surface area (Å²) in [7, 11) is 0. The van der Waals surface area contributed by atoms with Crippen LogP contribution >= 0.6 is 0 Å². The monoisotopic (exact) mass is 127 g/mol. The molecule has 0 aliphatic heterocycles. The molecule has 4 heteroatoms.